The number of nitrogens with zero attached hydrogens (tertiary/aromatic N) is 1. The third-order valence-corrected chi connectivity index (χ3v) is 7.05. The van der Waals surface area contributed by atoms with Gasteiger partial charge in [0, 0.05) is 6.04 Å². The van der Waals surface area contributed by atoms with Gasteiger partial charge >= 0.3 is 5.97 Å². The summed E-state index contributed by atoms with van der Waals surface area (Å²) in [5.41, 5.74) is 1.19. The van der Waals surface area contributed by atoms with E-state index in [0.717, 1.165) is 11.1 Å². The van der Waals surface area contributed by atoms with Crippen LogP contribution in [0.15, 0.2) is 54.6 Å². The maximum atomic E-state index is 13.7. The number of imide groups is 1. The van der Waals surface area contributed by atoms with Crippen LogP contribution in [0.2, 0.25) is 0 Å². The van der Waals surface area contributed by atoms with E-state index in [2.05, 4.69) is 5.32 Å². The summed E-state index contributed by atoms with van der Waals surface area (Å²) < 4.78 is 5.19. The molecule has 2 heterocycles. The Labute approximate surface area is 186 Å². The summed E-state index contributed by atoms with van der Waals surface area (Å²) in [6, 6.07) is 16.2. The van der Waals surface area contributed by atoms with Crippen molar-refractivity contribution in [2.24, 2.45) is 11.8 Å². The van der Waals surface area contributed by atoms with Gasteiger partial charge in [-0.2, -0.15) is 11.8 Å². The summed E-state index contributed by atoms with van der Waals surface area (Å²) >= 11 is 1.59. The molecule has 2 amide bonds. The number of hydrogen-bond donors (Lipinski definition) is 1. The number of methoxy groups -OCH3 is 1. The van der Waals surface area contributed by atoms with Crippen molar-refractivity contribution in [1.82, 2.24) is 5.32 Å². The van der Waals surface area contributed by atoms with Crippen molar-refractivity contribution < 1.29 is 19.1 Å². The molecule has 0 saturated carbocycles. The van der Waals surface area contributed by atoms with Gasteiger partial charge in [-0.25, -0.2) is 4.90 Å². The number of aryl methyl sites for hydroxylation is 1. The molecule has 2 aromatic carbocycles. The maximum absolute atomic E-state index is 13.7. The first kappa shape index (κ1) is 21.6. The first-order valence-corrected chi connectivity index (χ1v) is 11.7. The molecule has 2 aliphatic heterocycles. The lowest BCUT2D eigenvalue weighted by Crippen LogP contribution is -2.56. The van der Waals surface area contributed by atoms with E-state index in [4.69, 9.17) is 4.74 Å². The van der Waals surface area contributed by atoms with E-state index in [-0.39, 0.29) is 11.8 Å². The highest BCUT2D eigenvalue weighted by Crippen LogP contribution is 2.51. The van der Waals surface area contributed by atoms with Gasteiger partial charge in [0.1, 0.15) is 5.54 Å². The normalized spacial score (nSPS) is 27.5. The van der Waals surface area contributed by atoms with Crippen LogP contribution in [0.4, 0.5) is 5.69 Å². The predicted octanol–water partition coefficient (Wildman–Crippen LogP) is 3.11. The number of para-hydroxylation sites is 1. The fourth-order valence-corrected chi connectivity index (χ4v) is 5.53. The van der Waals surface area contributed by atoms with E-state index in [1.807, 2.05) is 43.5 Å². The first-order valence-electron chi connectivity index (χ1n) is 10.3. The summed E-state index contributed by atoms with van der Waals surface area (Å²) in [4.78, 5) is 41.8. The minimum Gasteiger partial charge on any atom is -0.468 e. The maximum Gasteiger partial charge on any atom is 0.326 e. The molecule has 0 aliphatic carbocycles. The van der Waals surface area contributed by atoms with Gasteiger partial charge in [0.05, 0.1) is 24.6 Å². The van der Waals surface area contributed by atoms with Crippen LogP contribution in [-0.2, 0) is 19.1 Å². The Hall–Kier alpha value is -2.64. The molecule has 2 aliphatic rings. The average molecular weight is 439 g/mol. The van der Waals surface area contributed by atoms with Gasteiger partial charge in [-0.1, -0.05) is 42.5 Å². The number of esters is 1. The molecule has 31 heavy (non-hydrogen) atoms. The molecule has 0 unspecified atom stereocenters. The van der Waals surface area contributed by atoms with Crippen LogP contribution >= 0.6 is 11.8 Å². The van der Waals surface area contributed by atoms with Gasteiger partial charge in [-0.15, -0.1) is 0 Å². The molecule has 1 N–H and O–H groups in total. The third-order valence-electron chi connectivity index (χ3n) is 6.44. The molecule has 6 nitrogen and oxygen atoms in total. The van der Waals surface area contributed by atoms with Crippen molar-refractivity contribution in [2.75, 3.05) is 24.0 Å². The van der Waals surface area contributed by atoms with E-state index in [0.29, 0.717) is 17.9 Å². The van der Waals surface area contributed by atoms with Crippen molar-refractivity contribution in [1.29, 1.82) is 0 Å². The second-order valence-electron chi connectivity index (χ2n) is 8.04. The number of nitrogens with one attached hydrogen (secondary N) is 1. The number of thioether (sulfide) groups is 1. The zero-order valence-electron chi connectivity index (χ0n) is 17.8. The van der Waals surface area contributed by atoms with E-state index in [9.17, 15) is 14.4 Å². The predicted molar refractivity (Wildman–Crippen MR) is 121 cm³/mol. The second kappa shape index (κ2) is 8.48. The SMILES string of the molecule is COC(=O)[C@]1(CCSC)N[C@H](c2ccccc2C)[C@@H]2C(=O)N(c3ccccc3)C(=O)[C@@H]21. The largest absolute Gasteiger partial charge is 0.468 e. The van der Waals surface area contributed by atoms with Crippen molar-refractivity contribution in [2.45, 2.75) is 24.9 Å². The van der Waals surface area contributed by atoms with E-state index in [1.54, 1.807) is 36.0 Å². The van der Waals surface area contributed by atoms with E-state index < -0.39 is 29.4 Å². The molecule has 2 fully saturated rings. The quantitative estimate of drug-likeness (QED) is 0.552. The molecule has 7 heteroatoms. The van der Waals surface area contributed by atoms with Gasteiger partial charge in [-0.3, -0.25) is 19.7 Å². The zero-order chi connectivity index (χ0) is 22.2. The summed E-state index contributed by atoms with van der Waals surface area (Å²) in [6.45, 7) is 1.97. The zero-order valence-corrected chi connectivity index (χ0v) is 18.6. The Morgan fingerprint density at radius 2 is 1.77 bits per heavy atom. The molecule has 4 rings (SSSR count). The van der Waals surface area contributed by atoms with Gasteiger partial charge in [0.2, 0.25) is 11.8 Å². The first-order chi connectivity index (χ1) is 15.0. The van der Waals surface area contributed by atoms with E-state index in [1.165, 1.54) is 12.0 Å². The Kier molecular flexibility index (Phi) is 5.90. The van der Waals surface area contributed by atoms with Crippen LogP contribution in [0.3, 0.4) is 0 Å². The molecule has 0 aromatic heterocycles. The number of hydrogen-bond acceptors (Lipinski definition) is 6. The molecular weight excluding hydrogens is 412 g/mol. The van der Waals surface area contributed by atoms with Crippen LogP contribution < -0.4 is 10.2 Å². The standard InChI is InChI=1S/C24H26N2O4S/c1-15-9-7-8-12-17(15)20-18-19(24(25-20,13-14-31-3)23(29)30-2)22(28)26(21(18)27)16-10-5-4-6-11-16/h4-12,18-20,25H,13-14H2,1-3H3/t18-,19-,20-,24-/m1/s1. The highest BCUT2D eigenvalue weighted by atomic mass is 32.2. The topological polar surface area (TPSA) is 75.7 Å². The lowest BCUT2D eigenvalue weighted by Gasteiger charge is -2.32. The summed E-state index contributed by atoms with van der Waals surface area (Å²) in [7, 11) is 1.33. The summed E-state index contributed by atoms with van der Waals surface area (Å²) in [6.07, 6.45) is 2.35. The Morgan fingerprint density at radius 1 is 1.10 bits per heavy atom. The summed E-state index contributed by atoms with van der Waals surface area (Å²) in [5.74, 6) is -1.99. The van der Waals surface area contributed by atoms with Crippen LogP contribution in [0.1, 0.15) is 23.6 Å². The minimum atomic E-state index is -1.26. The highest BCUT2D eigenvalue weighted by molar-refractivity contribution is 7.98. The van der Waals surface area contributed by atoms with Gasteiger partial charge in [-0.05, 0) is 48.6 Å². The Bertz CT molecular complexity index is 1010. The molecule has 0 spiro atoms. The number of carbonyl (C=O) groups is 3. The summed E-state index contributed by atoms with van der Waals surface area (Å²) in [5, 5.41) is 3.43. The number of rotatable bonds is 6. The fourth-order valence-electron chi connectivity index (χ4n) is 5.00. The number of benzene rings is 2. The Morgan fingerprint density at radius 3 is 2.42 bits per heavy atom. The third kappa shape index (κ3) is 3.36. The fraction of sp³-hybridized carbons (Fsp3) is 0.375. The van der Waals surface area contributed by atoms with Gasteiger partial charge in [0.25, 0.3) is 0 Å². The van der Waals surface area contributed by atoms with Crippen molar-refractivity contribution in [3.8, 4) is 0 Å². The average Bonchev–Trinajstić information content (AvgIpc) is 3.27. The van der Waals surface area contributed by atoms with Crippen LogP contribution in [0, 0.1) is 18.8 Å². The minimum absolute atomic E-state index is 0.281. The van der Waals surface area contributed by atoms with Crippen LogP contribution in [-0.4, -0.2) is 42.4 Å². The smallest absolute Gasteiger partial charge is 0.326 e. The number of fused-ring (bicyclic) bond motifs is 1. The van der Waals surface area contributed by atoms with Gasteiger partial charge < -0.3 is 4.74 Å². The van der Waals surface area contributed by atoms with Crippen LogP contribution in [0.25, 0.3) is 0 Å². The highest BCUT2D eigenvalue weighted by Gasteiger charge is 2.68. The van der Waals surface area contributed by atoms with Crippen molar-refractivity contribution in [3.63, 3.8) is 0 Å². The molecule has 2 aromatic rings. The molecular formula is C24H26N2O4S. The lowest BCUT2D eigenvalue weighted by molar-refractivity contribution is -0.152. The number of anilines is 1. The molecule has 2 saturated heterocycles. The number of ether oxygens (including phenoxy) is 1. The van der Waals surface area contributed by atoms with E-state index >= 15 is 0 Å². The molecule has 4 atom stereocenters. The molecule has 0 bridgehead atoms. The molecule has 162 valence electrons. The second-order valence-corrected chi connectivity index (χ2v) is 9.02. The van der Waals surface area contributed by atoms with Gasteiger partial charge in [0.15, 0.2) is 0 Å². The molecule has 0 radical (unpaired) electrons. The lowest BCUT2D eigenvalue weighted by atomic mass is 9.77. The number of amides is 2. The van der Waals surface area contributed by atoms with Crippen molar-refractivity contribution in [3.05, 3.63) is 65.7 Å². The van der Waals surface area contributed by atoms with Crippen molar-refractivity contribution >= 4 is 35.2 Å². The number of carbonyl (C=O) groups excluding carboxylic acids is 3. The Balaban J connectivity index is 1.88. The van der Waals surface area contributed by atoms with Crippen LogP contribution in [0.5, 0.6) is 0 Å². The monoisotopic (exact) mass is 438 g/mol.